The number of fused-ring (bicyclic) bond motifs is 1. The fourth-order valence-corrected chi connectivity index (χ4v) is 2.98. The number of benzene rings is 1. The van der Waals surface area contributed by atoms with E-state index in [9.17, 15) is 4.79 Å². The van der Waals surface area contributed by atoms with Gasteiger partial charge in [-0.1, -0.05) is 34.7 Å². The second kappa shape index (κ2) is 6.00. The fourth-order valence-electron chi connectivity index (χ4n) is 1.57. The van der Waals surface area contributed by atoms with E-state index in [-0.39, 0.29) is 11.7 Å². The average Bonchev–Trinajstić information content (AvgIpc) is 3.02. The average molecular weight is 341 g/mol. The maximum Gasteiger partial charge on any atom is 0.257 e. The largest absolute Gasteiger partial charge is 0.431 e. The first-order valence-electron chi connectivity index (χ1n) is 5.89. The zero-order chi connectivity index (χ0) is 14.8. The predicted molar refractivity (Wildman–Crippen MR) is 83.0 cm³/mol. The van der Waals surface area contributed by atoms with E-state index in [4.69, 9.17) is 16.0 Å². The van der Waals surface area contributed by atoms with Gasteiger partial charge in [-0.15, -0.1) is 10.2 Å². The molecule has 0 aliphatic heterocycles. The molecule has 0 saturated heterocycles. The lowest BCUT2D eigenvalue weighted by Crippen LogP contribution is -2.13. The third-order valence-corrected chi connectivity index (χ3v) is 4.25. The number of hydrogen-bond acceptors (Lipinski definition) is 7. The highest BCUT2D eigenvalue weighted by atomic mass is 35.5. The molecule has 0 atom stereocenters. The van der Waals surface area contributed by atoms with Crippen LogP contribution in [-0.2, 0) is 4.79 Å². The first-order valence-corrected chi connectivity index (χ1v) is 8.07. The molecule has 2 aromatic heterocycles. The minimum atomic E-state index is -0.184. The van der Waals surface area contributed by atoms with E-state index in [1.807, 2.05) is 6.92 Å². The van der Waals surface area contributed by atoms with Crippen LogP contribution in [0.25, 0.3) is 11.1 Å². The molecule has 1 aromatic carbocycles. The summed E-state index contributed by atoms with van der Waals surface area (Å²) in [6.45, 7) is 1.82. The third kappa shape index (κ3) is 3.52. The molecule has 1 amide bonds. The van der Waals surface area contributed by atoms with Crippen molar-refractivity contribution in [3.8, 4) is 0 Å². The van der Waals surface area contributed by atoms with Crippen molar-refractivity contribution in [3.63, 3.8) is 0 Å². The molecule has 0 unspecified atom stereocenters. The van der Waals surface area contributed by atoms with E-state index in [0.29, 0.717) is 26.5 Å². The van der Waals surface area contributed by atoms with Crippen molar-refractivity contribution < 1.29 is 9.21 Å². The Morgan fingerprint density at radius 1 is 1.48 bits per heavy atom. The molecule has 3 rings (SSSR count). The van der Waals surface area contributed by atoms with Crippen LogP contribution in [0.15, 0.2) is 27.8 Å². The number of aryl methyl sites for hydroxylation is 1. The van der Waals surface area contributed by atoms with Gasteiger partial charge in [-0.05, 0) is 25.1 Å². The number of rotatable bonds is 4. The fraction of sp³-hybridized carbons (Fsp3) is 0.167. The molecule has 6 nitrogen and oxygen atoms in total. The lowest BCUT2D eigenvalue weighted by Gasteiger charge is -1.97. The lowest BCUT2D eigenvalue weighted by atomic mass is 10.3. The van der Waals surface area contributed by atoms with Crippen molar-refractivity contribution in [2.24, 2.45) is 0 Å². The zero-order valence-electron chi connectivity index (χ0n) is 10.8. The molecule has 108 valence electrons. The van der Waals surface area contributed by atoms with E-state index in [1.165, 1.54) is 23.1 Å². The molecule has 3 aromatic rings. The van der Waals surface area contributed by atoms with Crippen molar-refractivity contribution in [3.05, 3.63) is 28.2 Å². The maximum absolute atomic E-state index is 11.8. The molecule has 21 heavy (non-hydrogen) atoms. The number of aromatic nitrogens is 3. The van der Waals surface area contributed by atoms with Crippen molar-refractivity contribution in [2.75, 3.05) is 11.1 Å². The molecular weight excluding hydrogens is 332 g/mol. The summed E-state index contributed by atoms with van der Waals surface area (Å²) in [7, 11) is 0. The second-order valence-electron chi connectivity index (χ2n) is 4.05. The highest BCUT2D eigenvalue weighted by Crippen LogP contribution is 2.25. The van der Waals surface area contributed by atoms with Gasteiger partial charge in [0.05, 0.1) is 5.75 Å². The van der Waals surface area contributed by atoms with Crippen molar-refractivity contribution in [1.29, 1.82) is 0 Å². The summed E-state index contributed by atoms with van der Waals surface area (Å²) in [5, 5.41) is 12.6. The first-order chi connectivity index (χ1) is 10.1. The van der Waals surface area contributed by atoms with Gasteiger partial charge in [-0.3, -0.25) is 10.1 Å². The molecule has 0 fully saturated rings. The minimum absolute atomic E-state index is 0.180. The number of oxazole rings is 1. The number of carbonyl (C=O) groups excluding carboxylic acids is 1. The van der Waals surface area contributed by atoms with E-state index in [2.05, 4.69) is 20.5 Å². The molecule has 0 aliphatic carbocycles. The van der Waals surface area contributed by atoms with Crippen molar-refractivity contribution in [1.82, 2.24) is 15.2 Å². The van der Waals surface area contributed by atoms with Gasteiger partial charge in [0, 0.05) is 5.02 Å². The number of nitrogens with zero attached hydrogens (tertiary/aromatic N) is 3. The summed E-state index contributed by atoms with van der Waals surface area (Å²) in [5.74, 6) is -0.00411. The van der Waals surface area contributed by atoms with Gasteiger partial charge >= 0.3 is 0 Å². The second-order valence-corrected chi connectivity index (χ2v) is 6.60. The topological polar surface area (TPSA) is 80.9 Å². The molecule has 0 saturated carbocycles. The van der Waals surface area contributed by atoms with Gasteiger partial charge in [-0.2, -0.15) is 0 Å². The molecule has 2 heterocycles. The molecule has 0 aliphatic rings. The molecular formula is C12H9ClN4O2S2. The Bertz CT molecular complexity index is 802. The SMILES string of the molecule is Cc1nnc(NC(=O)CSc2nc3cc(Cl)ccc3o2)s1. The predicted octanol–water partition coefficient (Wildman–Crippen LogP) is 3.37. The van der Waals surface area contributed by atoms with Crippen LogP contribution in [-0.4, -0.2) is 26.8 Å². The van der Waals surface area contributed by atoms with Gasteiger partial charge in [0.2, 0.25) is 11.0 Å². The Morgan fingerprint density at radius 2 is 2.33 bits per heavy atom. The van der Waals surface area contributed by atoms with Gasteiger partial charge in [-0.25, -0.2) is 4.98 Å². The van der Waals surface area contributed by atoms with Crippen molar-refractivity contribution >= 4 is 56.8 Å². The quantitative estimate of drug-likeness (QED) is 0.733. The van der Waals surface area contributed by atoms with E-state index >= 15 is 0 Å². The summed E-state index contributed by atoms with van der Waals surface area (Å²) in [4.78, 5) is 16.0. The Kier molecular flexibility index (Phi) is 4.09. The Hall–Kier alpha value is -1.64. The summed E-state index contributed by atoms with van der Waals surface area (Å²) in [5.41, 5.74) is 1.31. The smallest absolute Gasteiger partial charge is 0.257 e. The van der Waals surface area contributed by atoms with Gasteiger partial charge in [0.1, 0.15) is 10.5 Å². The number of hydrogen-bond donors (Lipinski definition) is 1. The molecule has 0 radical (unpaired) electrons. The van der Waals surface area contributed by atoms with E-state index in [1.54, 1.807) is 18.2 Å². The Balaban J connectivity index is 1.61. The summed E-state index contributed by atoms with van der Waals surface area (Å²) in [6, 6.07) is 5.20. The van der Waals surface area contributed by atoms with Crippen LogP contribution in [0, 0.1) is 6.92 Å². The highest BCUT2D eigenvalue weighted by Gasteiger charge is 2.11. The number of carbonyl (C=O) groups is 1. The minimum Gasteiger partial charge on any atom is -0.431 e. The number of anilines is 1. The Labute approximate surface area is 132 Å². The Morgan fingerprint density at radius 3 is 3.10 bits per heavy atom. The standard InChI is InChI=1S/C12H9ClN4O2S2/c1-6-16-17-11(21-6)15-10(18)5-20-12-14-8-4-7(13)2-3-9(8)19-12/h2-4H,5H2,1H3,(H,15,17,18). The zero-order valence-corrected chi connectivity index (χ0v) is 13.2. The molecule has 0 spiro atoms. The van der Waals surface area contributed by atoms with Crippen LogP contribution in [0.2, 0.25) is 5.02 Å². The summed E-state index contributed by atoms with van der Waals surface area (Å²) >= 11 is 8.42. The number of halogens is 1. The number of nitrogens with one attached hydrogen (secondary N) is 1. The monoisotopic (exact) mass is 340 g/mol. The van der Waals surface area contributed by atoms with E-state index in [0.717, 1.165) is 5.01 Å². The van der Waals surface area contributed by atoms with Crippen LogP contribution in [0.5, 0.6) is 0 Å². The van der Waals surface area contributed by atoms with E-state index < -0.39 is 0 Å². The van der Waals surface area contributed by atoms with Crippen molar-refractivity contribution in [2.45, 2.75) is 12.1 Å². The highest BCUT2D eigenvalue weighted by molar-refractivity contribution is 7.99. The van der Waals surface area contributed by atoms with Crippen LogP contribution in [0.3, 0.4) is 0 Å². The maximum atomic E-state index is 11.8. The van der Waals surface area contributed by atoms with Gasteiger partial charge < -0.3 is 4.42 Å². The van der Waals surface area contributed by atoms with Gasteiger partial charge in [0.25, 0.3) is 5.22 Å². The molecule has 0 bridgehead atoms. The first kappa shape index (κ1) is 14.3. The summed E-state index contributed by atoms with van der Waals surface area (Å²) in [6.07, 6.45) is 0. The van der Waals surface area contributed by atoms with Crippen LogP contribution < -0.4 is 5.32 Å². The lowest BCUT2D eigenvalue weighted by molar-refractivity contribution is -0.113. The normalized spacial score (nSPS) is 11.0. The third-order valence-electron chi connectivity index (χ3n) is 2.43. The number of thioether (sulfide) groups is 1. The molecule has 1 N–H and O–H groups in total. The van der Waals surface area contributed by atoms with Crippen LogP contribution in [0.1, 0.15) is 5.01 Å². The summed E-state index contributed by atoms with van der Waals surface area (Å²) < 4.78 is 5.52. The number of amides is 1. The molecule has 9 heteroatoms. The van der Waals surface area contributed by atoms with Crippen LogP contribution in [0.4, 0.5) is 5.13 Å². The van der Waals surface area contributed by atoms with Gasteiger partial charge in [0.15, 0.2) is 5.58 Å². The van der Waals surface area contributed by atoms with Crippen LogP contribution >= 0.6 is 34.7 Å².